The van der Waals surface area contributed by atoms with Crippen molar-refractivity contribution in [3.8, 4) is 5.69 Å². The van der Waals surface area contributed by atoms with Crippen LogP contribution in [0, 0.1) is 0 Å². The molecule has 0 saturated heterocycles. The first-order chi connectivity index (χ1) is 10.6. The molecule has 1 atom stereocenters. The van der Waals surface area contributed by atoms with Gasteiger partial charge in [0, 0.05) is 5.92 Å². The molecular weight excluding hydrogens is 282 g/mol. The van der Waals surface area contributed by atoms with Crippen molar-refractivity contribution >= 4 is 11.9 Å². The molecule has 1 aromatic heterocycles. The molecule has 0 bridgehead atoms. The minimum Gasteiger partial charge on any atom is -0.448 e. The van der Waals surface area contributed by atoms with Gasteiger partial charge in [0.05, 0.1) is 11.4 Å². The maximum Gasteiger partial charge on any atom is 0.357 e. The van der Waals surface area contributed by atoms with Gasteiger partial charge in [-0.3, -0.25) is 4.79 Å². The molecule has 114 valence electrons. The number of ether oxygens (including phenoxy) is 1. The highest BCUT2D eigenvalue weighted by atomic mass is 16.5. The topological polar surface area (TPSA) is 87.2 Å². The van der Waals surface area contributed by atoms with E-state index >= 15 is 0 Å². The minimum atomic E-state index is -0.976. The normalized spacial score (nSPS) is 15.3. The molecule has 6 nitrogen and oxygen atoms in total. The van der Waals surface area contributed by atoms with Crippen LogP contribution >= 0.6 is 0 Å². The number of esters is 1. The first-order valence-corrected chi connectivity index (χ1v) is 7.22. The molecule has 0 spiro atoms. The summed E-state index contributed by atoms with van der Waals surface area (Å²) in [6.07, 6.45) is 1.19. The summed E-state index contributed by atoms with van der Waals surface area (Å²) in [5.41, 5.74) is 7.09. The van der Waals surface area contributed by atoms with Crippen molar-refractivity contribution in [3.63, 3.8) is 0 Å². The molecule has 0 radical (unpaired) electrons. The summed E-state index contributed by atoms with van der Waals surface area (Å²) < 4.78 is 6.66. The number of hydrogen-bond acceptors (Lipinski definition) is 4. The van der Waals surface area contributed by atoms with Gasteiger partial charge >= 0.3 is 5.97 Å². The molecule has 1 aromatic carbocycles. The van der Waals surface area contributed by atoms with E-state index in [9.17, 15) is 9.59 Å². The number of aromatic nitrogens is 2. The summed E-state index contributed by atoms with van der Waals surface area (Å²) >= 11 is 0. The molecule has 1 amide bonds. The molecule has 6 heteroatoms. The molecule has 2 aromatic rings. The highest BCUT2D eigenvalue weighted by Crippen LogP contribution is 2.39. The number of carbonyl (C=O) groups is 2. The fourth-order valence-corrected chi connectivity index (χ4v) is 2.17. The van der Waals surface area contributed by atoms with E-state index < -0.39 is 18.0 Å². The van der Waals surface area contributed by atoms with Gasteiger partial charge in [-0.05, 0) is 38.0 Å². The number of benzene rings is 1. The lowest BCUT2D eigenvalue weighted by atomic mass is 10.2. The van der Waals surface area contributed by atoms with Crippen LogP contribution in [-0.2, 0) is 9.53 Å². The first-order valence-electron chi connectivity index (χ1n) is 7.22. The van der Waals surface area contributed by atoms with E-state index in [0.717, 1.165) is 24.2 Å². The Hall–Kier alpha value is -2.63. The van der Waals surface area contributed by atoms with Crippen LogP contribution in [0.15, 0.2) is 36.4 Å². The predicted octanol–water partition coefficient (Wildman–Crippen LogP) is 1.78. The molecule has 3 rings (SSSR count). The standard InChI is InChI=1S/C16H17N3O3/c1-10(15(17)20)22-16(21)14-9-13(11-7-8-11)18-19(14)12-5-3-2-4-6-12/h2-6,9-11H,7-8H2,1H3,(H2,17,20)/t10-/m1/s1. The smallest absolute Gasteiger partial charge is 0.357 e. The van der Waals surface area contributed by atoms with Crippen molar-refractivity contribution in [2.24, 2.45) is 5.73 Å². The monoisotopic (exact) mass is 299 g/mol. The Morgan fingerprint density at radius 2 is 2.00 bits per heavy atom. The van der Waals surface area contributed by atoms with Crippen molar-refractivity contribution in [1.82, 2.24) is 9.78 Å². The summed E-state index contributed by atoms with van der Waals surface area (Å²) in [6, 6.07) is 11.1. The van der Waals surface area contributed by atoms with E-state index in [0.29, 0.717) is 11.6 Å². The van der Waals surface area contributed by atoms with Crippen LogP contribution in [0.25, 0.3) is 5.69 Å². The molecule has 2 N–H and O–H groups in total. The Labute approximate surface area is 127 Å². The number of nitrogens with two attached hydrogens (primary N) is 1. The van der Waals surface area contributed by atoms with Crippen molar-refractivity contribution in [3.05, 3.63) is 47.8 Å². The van der Waals surface area contributed by atoms with Gasteiger partial charge < -0.3 is 10.5 Å². The predicted molar refractivity (Wildman–Crippen MR) is 79.6 cm³/mol. The lowest BCUT2D eigenvalue weighted by molar-refractivity contribution is -0.125. The Morgan fingerprint density at radius 3 is 2.59 bits per heavy atom. The van der Waals surface area contributed by atoms with Crippen LogP contribution in [0.1, 0.15) is 41.9 Å². The van der Waals surface area contributed by atoms with Crippen LogP contribution in [0.5, 0.6) is 0 Å². The molecule has 1 saturated carbocycles. The number of carbonyl (C=O) groups excluding carboxylic acids is 2. The number of para-hydroxylation sites is 1. The van der Waals surface area contributed by atoms with E-state index in [2.05, 4.69) is 5.10 Å². The molecule has 1 aliphatic rings. The zero-order valence-corrected chi connectivity index (χ0v) is 12.2. The Morgan fingerprint density at radius 1 is 1.32 bits per heavy atom. The van der Waals surface area contributed by atoms with Crippen molar-refractivity contribution in [1.29, 1.82) is 0 Å². The van der Waals surface area contributed by atoms with Crippen molar-refractivity contribution in [2.45, 2.75) is 31.8 Å². The van der Waals surface area contributed by atoms with E-state index in [1.54, 1.807) is 10.7 Å². The fourth-order valence-electron chi connectivity index (χ4n) is 2.17. The summed E-state index contributed by atoms with van der Waals surface area (Å²) in [5.74, 6) is -0.874. The largest absolute Gasteiger partial charge is 0.448 e. The third kappa shape index (κ3) is 2.86. The molecular formula is C16H17N3O3. The van der Waals surface area contributed by atoms with E-state index in [1.165, 1.54) is 6.92 Å². The zero-order chi connectivity index (χ0) is 15.7. The van der Waals surface area contributed by atoms with Gasteiger partial charge in [0.25, 0.3) is 5.91 Å². The van der Waals surface area contributed by atoms with Gasteiger partial charge in [-0.1, -0.05) is 18.2 Å². The molecule has 22 heavy (non-hydrogen) atoms. The lowest BCUT2D eigenvalue weighted by Crippen LogP contribution is -2.31. The third-order valence-corrected chi connectivity index (χ3v) is 3.62. The van der Waals surface area contributed by atoms with Gasteiger partial charge in [-0.15, -0.1) is 0 Å². The number of rotatable bonds is 5. The Bertz CT molecular complexity index is 705. The van der Waals surface area contributed by atoms with Crippen LogP contribution in [-0.4, -0.2) is 27.8 Å². The SMILES string of the molecule is C[C@@H](OC(=O)c1cc(C2CC2)nn1-c1ccccc1)C(N)=O. The zero-order valence-electron chi connectivity index (χ0n) is 12.2. The number of nitrogens with zero attached hydrogens (tertiary/aromatic N) is 2. The summed E-state index contributed by atoms with van der Waals surface area (Å²) in [7, 11) is 0. The number of primary amides is 1. The van der Waals surface area contributed by atoms with Crippen molar-refractivity contribution in [2.75, 3.05) is 0 Å². The van der Waals surface area contributed by atoms with Crippen LogP contribution in [0.3, 0.4) is 0 Å². The minimum absolute atomic E-state index is 0.307. The van der Waals surface area contributed by atoms with Gasteiger partial charge in [-0.25, -0.2) is 9.48 Å². The molecule has 1 fully saturated rings. The Balaban J connectivity index is 1.95. The fraction of sp³-hybridized carbons (Fsp3) is 0.312. The second-order valence-electron chi connectivity index (χ2n) is 5.43. The second-order valence-corrected chi connectivity index (χ2v) is 5.43. The van der Waals surface area contributed by atoms with E-state index in [-0.39, 0.29) is 0 Å². The van der Waals surface area contributed by atoms with Gasteiger partial charge in [0.2, 0.25) is 0 Å². The van der Waals surface area contributed by atoms with Crippen LogP contribution < -0.4 is 5.73 Å². The van der Waals surface area contributed by atoms with Crippen LogP contribution in [0.2, 0.25) is 0 Å². The number of hydrogen-bond donors (Lipinski definition) is 1. The molecule has 0 unspecified atom stereocenters. The number of amides is 1. The average molecular weight is 299 g/mol. The highest BCUT2D eigenvalue weighted by Gasteiger charge is 2.30. The van der Waals surface area contributed by atoms with Crippen LogP contribution in [0.4, 0.5) is 0 Å². The second kappa shape index (κ2) is 5.63. The van der Waals surface area contributed by atoms with Gasteiger partial charge in [0.1, 0.15) is 0 Å². The molecule has 1 aliphatic carbocycles. The van der Waals surface area contributed by atoms with E-state index in [1.807, 2.05) is 30.3 Å². The maximum absolute atomic E-state index is 12.3. The summed E-state index contributed by atoms with van der Waals surface area (Å²) in [4.78, 5) is 23.4. The summed E-state index contributed by atoms with van der Waals surface area (Å²) in [5, 5.41) is 4.52. The highest BCUT2D eigenvalue weighted by molar-refractivity contribution is 5.91. The quantitative estimate of drug-likeness (QED) is 0.852. The average Bonchev–Trinajstić information content (AvgIpc) is 3.26. The van der Waals surface area contributed by atoms with E-state index in [4.69, 9.17) is 10.5 Å². The van der Waals surface area contributed by atoms with Gasteiger partial charge in [-0.2, -0.15) is 5.10 Å². The Kier molecular flexibility index (Phi) is 3.66. The maximum atomic E-state index is 12.3. The first kappa shape index (κ1) is 14.3. The van der Waals surface area contributed by atoms with Gasteiger partial charge in [0.15, 0.2) is 11.8 Å². The third-order valence-electron chi connectivity index (χ3n) is 3.62. The molecule has 0 aliphatic heterocycles. The lowest BCUT2D eigenvalue weighted by Gasteiger charge is -2.10. The summed E-state index contributed by atoms with van der Waals surface area (Å²) in [6.45, 7) is 1.45. The van der Waals surface area contributed by atoms with Crippen molar-refractivity contribution < 1.29 is 14.3 Å². The molecule has 1 heterocycles.